The van der Waals surface area contributed by atoms with Crippen molar-refractivity contribution in [3.8, 4) is 11.3 Å². The fraction of sp³-hybridized carbons (Fsp3) is 0.500. The number of amides is 2. The third-order valence-electron chi connectivity index (χ3n) is 6.73. The second kappa shape index (κ2) is 12.1. The summed E-state index contributed by atoms with van der Waals surface area (Å²) in [6.45, 7) is 5.16. The zero-order valence-corrected chi connectivity index (χ0v) is 21.5. The van der Waals surface area contributed by atoms with Crippen molar-refractivity contribution in [2.45, 2.75) is 52.0 Å². The number of aliphatic hydroxyl groups excluding tert-OH is 1. The molecule has 0 spiro atoms. The van der Waals surface area contributed by atoms with Gasteiger partial charge in [0.2, 0.25) is 5.91 Å². The van der Waals surface area contributed by atoms with E-state index >= 15 is 0 Å². The molecule has 0 fully saturated rings. The molecule has 0 aliphatic carbocycles. The van der Waals surface area contributed by atoms with Crippen LogP contribution in [0.15, 0.2) is 47.1 Å². The van der Waals surface area contributed by atoms with Gasteiger partial charge in [-0.3, -0.25) is 9.59 Å². The molecule has 0 saturated carbocycles. The number of fused-ring (bicyclic) bond motifs is 1. The number of hydrogen-bond donors (Lipinski definition) is 1. The van der Waals surface area contributed by atoms with Gasteiger partial charge >= 0.3 is 0 Å². The maximum Gasteiger partial charge on any atom is 0.275 e. The van der Waals surface area contributed by atoms with E-state index in [0.717, 1.165) is 11.3 Å². The van der Waals surface area contributed by atoms with Gasteiger partial charge in [-0.2, -0.15) is 0 Å². The molecule has 0 unspecified atom stereocenters. The SMILES string of the molecule is C[C@@H]1CN([C@H](C)CO)C(=O)CCCn2nncc2CO[C@H]1CN(C)C(=O)c1cc(-c2ccccc2)on1. The van der Waals surface area contributed by atoms with E-state index in [-0.39, 0.29) is 49.2 Å². The first-order valence-corrected chi connectivity index (χ1v) is 12.5. The second-order valence-corrected chi connectivity index (χ2v) is 9.58. The van der Waals surface area contributed by atoms with E-state index in [1.54, 1.807) is 33.8 Å². The molecule has 37 heavy (non-hydrogen) atoms. The predicted octanol–water partition coefficient (Wildman–Crippen LogP) is 2.23. The van der Waals surface area contributed by atoms with Crippen molar-refractivity contribution < 1.29 is 24.0 Å². The highest BCUT2D eigenvalue weighted by Crippen LogP contribution is 2.22. The van der Waals surface area contributed by atoms with E-state index in [9.17, 15) is 14.7 Å². The van der Waals surface area contributed by atoms with Gasteiger partial charge in [0.15, 0.2) is 11.5 Å². The van der Waals surface area contributed by atoms with Crippen LogP contribution in [-0.4, -0.2) is 85.8 Å². The lowest BCUT2D eigenvalue weighted by Crippen LogP contribution is -2.48. The van der Waals surface area contributed by atoms with Crippen molar-refractivity contribution in [3.05, 3.63) is 54.0 Å². The number of nitrogens with zero attached hydrogens (tertiary/aromatic N) is 6. The van der Waals surface area contributed by atoms with Crippen molar-refractivity contribution in [1.82, 2.24) is 30.0 Å². The fourth-order valence-electron chi connectivity index (χ4n) is 4.41. The number of likely N-dealkylation sites (N-methyl/N-ethyl adjacent to an activating group) is 1. The van der Waals surface area contributed by atoms with Crippen molar-refractivity contribution in [2.24, 2.45) is 5.92 Å². The van der Waals surface area contributed by atoms with Crippen molar-refractivity contribution in [3.63, 3.8) is 0 Å². The summed E-state index contributed by atoms with van der Waals surface area (Å²) in [4.78, 5) is 29.5. The zero-order valence-electron chi connectivity index (χ0n) is 21.5. The number of carbonyl (C=O) groups is 2. The van der Waals surface area contributed by atoms with Gasteiger partial charge < -0.3 is 24.2 Å². The summed E-state index contributed by atoms with van der Waals surface area (Å²) in [5.74, 6) is 0.0566. The minimum Gasteiger partial charge on any atom is -0.394 e. The minimum absolute atomic E-state index is 0.0325. The highest BCUT2D eigenvalue weighted by molar-refractivity contribution is 5.93. The highest BCUT2D eigenvalue weighted by Gasteiger charge is 2.30. The molecule has 0 saturated heterocycles. The lowest BCUT2D eigenvalue weighted by molar-refractivity contribution is -0.136. The van der Waals surface area contributed by atoms with Crippen LogP contribution >= 0.6 is 0 Å². The van der Waals surface area contributed by atoms with Crippen LogP contribution in [0.25, 0.3) is 11.3 Å². The third-order valence-corrected chi connectivity index (χ3v) is 6.73. The summed E-state index contributed by atoms with van der Waals surface area (Å²) in [6.07, 6.45) is 2.21. The summed E-state index contributed by atoms with van der Waals surface area (Å²) in [5.41, 5.74) is 1.85. The lowest BCUT2D eigenvalue weighted by Gasteiger charge is -2.35. The van der Waals surface area contributed by atoms with Gasteiger partial charge in [0.05, 0.1) is 37.3 Å². The molecule has 11 nitrogen and oxygen atoms in total. The monoisotopic (exact) mass is 510 g/mol. The number of aryl methyl sites for hydroxylation is 1. The zero-order chi connectivity index (χ0) is 26.4. The van der Waals surface area contributed by atoms with Gasteiger partial charge in [0.25, 0.3) is 5.91 Å². The van der Waals surface area contributed by atoms with Crippen molar-refractivity contribution >= 4 is 11.8 Å². The van der Waals surface area contributed by atoms with Gasteiger partial charge in [-0.05, 0) is 13.3 Å². The average Bonchev–Trinajstić information content (AvgIpc) is 3.58. The molecule has 11 heteroatoms. The Kier molecular flexibility index (Phi) is 8.67. The van der Waals surface area contributed by atoms with Gasteiger partial charge in [-0.25, -0.2) is 4.68 Å². The van der Waals surface area contributed by atoms with Gasteiger partial charge in [-0.15, -0.1) is 5.10 Å². The summed E-state index contributed by atoms with van der Waals surface area (Å²) in [5, 5.41) is 21.9. The number of aliphatic hydroxyl groups is 1. The number of benzene rings is 1. The van der Waals surface area contributed by atoms with Gasteiger partial charge in [-0.1, -0.05) is 47.6 Å². The summed E-state index contributed by atoms with van der Waals surface area (Å²) in [6, 6.07) is 10.8. The van der Waals surface area contributed by atoms with Crippen LogP contribution in [0.4, 0.5) is 0 Å². The molecule has 1 aliphatic heterocycles. The van der Waals surface area contributed by atoms with E-state index in [2.05, 4.69) is 15.5 Å². The molecule has 3 atom stereocenters. The van der Waals surface area contributed by atoms with E-state index < -0.39 is 6.10 Å². The Hall–Kier alpha value is -3.57. The Bertz CT molecular complexity index is 1180. The number of rotatable bonds is 6. The summed E-state index contributed by atoms with van der Waals surface area (Å²) < 4.78 is 13.5. The maximum absolute atomic E-state index is 13.2. The predicted molar refractivity (Wildman–Crippen MR) is 134 cm³/mol. The Labute approximate surface area is 216 Å². The van der Waals surface area contributed by atoms with E-state index in [1.807, 2.05) is 44.2 Å². The second-order valence-electron chi connectivity index (χ2n) is 9.58. The minimum atomic E-state index is -0.404. The Morgan fingerprint density at radius 3 is 2.84 bits per heavy atom. The van der Waals surface area contributed by atoms with Crippen LogP contribution < -0.4 is 0 Å². The van der Waals surface area contributed by atoms with Gasteiger partial charge in [0, 0.05) is 50.7 Å². The molecular weight excluding hydrogens is 476 g/mol. The van der Waals surface area contributed by atoms with E-state index in [4.69, 9.17) is 9.26 Å². The topological polar surface area (TPSA) is 127 Å². The molecule has 3 heterocycles. The lowest BCUT2D eigenvalue weighted by atomic mass is 10.0. The Balaban J connectivity index is 1.52. The van der Waals surface area contributed by atoms with Crippen LogP contribution in [-0.2, 0) is 22.7 Å². The molecule has 0 bridgehead atoms. The number of carbonyl (C=O) groups excluding carboxylic acids is 2. The molecule has 1 aliphatic rings. The molecule has 198 valence electrons. The highest BCUT2D eigenvalue weighted by atomic mass is 16.5. The summed E-state index contributed by atoms with van der Waals surface area (Å²) >= 11 is 0. The first-order chi connectivity index (χ1) is 17.9. The average molecular weight is 511 g/mol. The molecule has 4 rings (SSSR count). The van der Waals surface area contributed by atoms with Crippen molar-refractivity contribution in [2.75, 3.05) is 26.7 Å². The molecule has 2 amide bonds. The van der Waals surface area contributed by atoms with Gasteiger partial charge in [0.1, 0.15) is 0 Å². The number of aromatic nitrogens is 4. The maximum atomic E-state index is 13.2. The number of ether oxygens (including phenoxy) is 1. The van der Waals surface area contributed by atoms with Crippen LogP contribution in [0.3, 0.4) is 0 Å². The smallest absolute Gasteiger partial charge is 0.275 e. The van der Waals surface area contributed by atoms with Crippen molar-refractivity contribution in [1.29, 1.82) is 0 Å². The van der Waals surface area contributed by atoms with Crippen LogP contribution in [0.5, 0.6) is 0 Å². The van der Waals surface area contributed by atoms with Crippen LogP contribution in [0.2, 0.25) is 0 Å². The van der Waals surface area contributed by atoms with E-state index in [0.29, 0.717) is 31.7 Å². The molecular formula is C26H34N6O5. The first-order valence-electron chi connectivity index (χ1n) is 12.5. The van der Waals surface area contributed by atoms with Crippen LogP contribution in [0.1, 0.15) is 42.9 Å². The Morgan fingerprint density at radius 1 is 1.30 bits per heavy atom. The standard InChI is InChI=1S/C26H34N6O5/c1-18-14-31(19(2)16-33)25(34)10-7-11-32-21(13-27-29-32)17-36-24(18)15-30(3)26(35)22-12-23(37-28-22)20-8-5-4-6-9-20/h4-6,8-9,12-13,18-19,24,33H,7,10-11,14-17H2,1-3H3/t18-,19-,24+/m1/s1. The molecule has 1 aromatic carbocycles. The Morgan fingerprint density at radius 2 is 2.08 bits per heavy atom. The van der Waals surface area contributed by atoms with Crippen LogP contribution in [0, 0.1) is 5.92 Å². The van der Waals surface area contributed by atoms with E-state index in [1.165, 1.54) is 0 Å². The number of hydrogen-bond acceptors (Lipinski definition) is 8. The normalized spacial score (nSPS) is 20.0. The first kappa shape index (κ1) is 26.5. The molecule has 0 radical (unpaired) electrons. The molecule has 3 aromatic rings. The third kappa shape index (κ3) is 6.41. The quantitative estimate of drug-likeness (QED) is 0.535. The molecule has 1 N–H and O–H groups in total. The summed E-state index contributed by atoms with van der Waals surface area (Å²) in [7, 11) is 1.69. The largest absolute Gasteiger partial charge is 0.394 e. The molecule has 2 aromatic heterocycles. The fourth-order valence-corrected chi connectivity index (χ4v) is 4.41.